The molecule has 0 aliphatic heterocycles. The molecule has 0 saturated carbocycles. The average molecular weight is 218 g/mol. The highest BCUT2D eigenvalue weighted by Crippen LogP contribution is 2.13. The monoisotopic (exact) mass is 218 g/mol. The number of hydrogen-bond acceptors (Lipinski definition) is 3. The SMILES string of the molecule is Cc1cncc(NC(=O)c2cccs2)c1. The van der Waals surface area contributed by atoms with Crippen molar-refractivity contribution in [1.29, 1.82) is 0 Å². The van der Waals surface area contributed by atoms with Crippen LogP contribution in [0.4, 0.5) is 5.69 Å². The van der Waals surface area contributed by atoms with Gasteiger partial charge in [0.05, 0.1) is 16.8 Å². The molecule has 0 aliphatic carbocycles. The molecule has 1 N–H and O–H groups in total. The van der Waals surface area contributed by atoms with Gasteiger partial charge in [-0.1, -0.05) is 6.07 Å². The topological polar surface area (TPSA) is 42.0 Å². The van der Waals surface area contributed by atoms with Gasteiger partial charge >= 0.3 is 0 Å². The van der Waals surface area contributed by atoms with E-state index in [-0.39, 0.29) is 5.91 Å². The zero-order chi connectivity index (χ0) is 10.7. The zero-order valence-corrected chi connectivity index (χ0v) is 9.04. The third-order valence-corrected chi connectivity index (χ3v) is 2.75. The summed E-state index contributed by atoms with van der Waals surface area (Å²) < 4.78 is 0. The molecule has 3 nitrogen and oxygen atoms in total. The Bertz CT molecular complexity index is 465. The zero-order valence-electron chi connectivity index (χ0n) is 8.23. The number of amides is 1. The van der Waals surface area contributed by atoms with E-state index in [1.54, 1.807) is 18.5 Å². The van der Waals surface area contributed by atoms with Crippen LogP contribution in [0.1, 0.15) is 15.2 Å². The van der Waals surface area contributed by atoms with Crippen molar-refractivity contribution in [2.75, 3.05) is 5.32 Å². The fourth-order valence-corrected chi connectivity index (χ4v) is 1.84. The maximum Gasteiger partial charge on any atom is 0.265 e. The van der Waals surface area contributed by atoms with Crippen LogP contribution >= 0.6 is 11.3 Å². The maximum absolute atomic E-state index is 11.7. The number of aromatic nitrogens is 1. The van der Waals surface area contributed by atoms with Crippen molar-refractivity contribution in [3.63, 3.8) is 0 Å². The molecule has 15 heavy (non-hydrogen) atoms. The summed E-state index contributed by atoms with van der Waals surface area (Å²) in [4.78, 5) is 16.4. The van der Waals surface area contributed by atoms with E-state index >= 15 is 0 Å². The van der Waals surface area contributed by atoms with Gasteiger partial charge in [-0.15, -0.1) is 11.3 Å². The number of rotatable bonds is 2. The highest BCUT2D eigenvalue weighted by Gasteiger charge is 2.06. The molecular formula is C11H10N2OS. The Morgan fingerprint density at radius 1 is 1.47 bits per heavy atom. The van der Waals surface area contributed by atoms with E-state index in [0.717, 1.165) is 11.3 Å². The summed E-state index contributed by atoms with van der Waals surface area (Å²) in [6.07, 6.45) is 3.39. The van der Waals surface area contributed by atoms with Crippen molar-refractivity contribution in [1.82, 2.24) is 4.98 Å². The van der Waals surface area contributed by atoms with Gasteiger partial charge in [0, 0.05) is 6.20 Å². The Hall–Kier alpha value is -1.68. The Balaban J connectivity index is 2.13. The standard InChI is InChI=1S/C11H10N2OS/c1-8-5-9(7-12-6-8)13-11(14)10-3-2-4-15-10/h2-7H,1H3,(H,13,14). The minimum atomic E-state index is -0.0857. The van der Waals surface area contributed by atoms with Crippen molar-refractivity contribution in [2.24, 2.45) is 0 Å². The smallest absolute Gasteiger partial charge is 0.265 e. The number of aryl methyl sites for hydroxylation is 1. The first-order valence-corrected chi connectivity index (χ1v) is 5.40. The minimum Gasteiger partial charge on any atom is -0.320 e. The van der Waals surface area contributed by atoms with E-state index in [0.29, 0.717) is 4.88 Å². The van der Waals surface area contributed by atoms with Crippen LogP contribution in [-0.4, -0.2) is 10.9 Å². The van der Waals surface area contributed by atoms with Gasteiger partial charge in [-0.3, -0.25) is 9.78 Å². The molecule has 0 unspecified atom stereocenters. The number of nitrogens with one attached hydrogen (secondary N) is 1. The van der Waals surface area contributed by atoms with Gasteiger partial charge in [0.15, 0.2) is 0 Å². The van der Waals surface area contributed by atoms with Crippen LogP contribution in [0.5, 0.6) is 0 Å². The molecule has 2 aromatic rings. The largest absolute Gasteiger partial charge is 0.320 e. The summed E-state index contributed by atoms with van der Waals surface area (Å²) in [6.45, 7) is 1.94. The lowest BCUT2D eigenvalue weighted by Crippen LogP contribution is -2.10. The first-order valence-electron chi connectivity index (χ1n) is 4.52. The van der Waals surface area contributed by atoms with Crippen molar-refractivity contribution in [3.05, 3.63) is 46.4 Å². The highest BCUT2D eigenvalue weighted by molar-refractivity contribution is 7.12. The van der Waals surface area contributed by atoms with Crippen molar-refractivity contribution in [3.8, 4) is 0 Å². The van der Waals surface area contributed by atoms with Crippen LogP contribution < -0.4 is 5.32 Å². The molecule has 0 atom stereocenters. The number of pyridine rings is 1. The van der Waals surface area contributed by atoms with Gasteiger partial charge in [-0.2, -0.15) is 0 Å². The second kappa shape index (κ2) is 4.23. The lowest BCUT2D eigenvalue weighted by molar-refractivity contribution is 0.103. The summed E-state index contributed by atoms with van der Waals surface area (Å²) in [5.74, 6) is -0.0857. The summed E-state index contributed by atoms with van der Waals surface area (Å²) >= 11 is 1.42. The van der Waals surface area contributed by atoms with Crippen LogP contribution in [-0.2, 0) is 0 Å². The molecule has 0 spiro atoms. The Morgan fingerprint density at radius 2 is 2.33 bits per heavy atom. The molecular weight excluding hydrogens is 208 g/mol. The van der Waals surface area contributed by atoms with Crippen LogP contribution in [0.25, 0.3) is 0 Å². The van der Waals surface area contributed by atoms with Gasteiger partial charge in [-0.05, 0) is 30.0 Å². The molecule has 0 aromatic carbocycles. The predicted molar refractivity (Wildman–Crippen MR) is 61.2 cm³/mol. The minimum absolute atomic E-state index is 0.0857. The summed E-state index contributed by atoms with van der Waals surface area (Å²) in [6, 6.07) is 5.54. The van der Waals surface area contributed by atoms with Gasteiger partial charge in [-0.25, -0.2) is 0 Å². The van der Waals surface area contributed by atoms with Crippen LogP contribution in [0.15, 0.2) is 36.0 Å². The fourth-order valence-electron chi connectivity index (χ4n) is 1.22. The fraction of sp³-hybridized carbons (Fsp3) is 0.0909. The second-order valence-corrected chi connectivity index (χ2v) is 4.13. The van der Waals surface area contributed by atoms with E-state index in [1.807, 2.05) is 24.4 Å². The summed E-state index contributed by atoms with van der Waals surface area (Å²) in [7, 11) is 0. The molecule has 0 fully saturated rings. The van der Waals surface area contributed by atoms with Crippen molar-refractivity contribution in [2.45, 2.75) is 6.92 Å². The third kappa shape index (κ3) is 2.41. The van der Waals surface area contributed by atoms with Crippen LogP contribution in [0, 0.1) is 6.92 Å². The highest BCUT2D eigenvalue weighted by atomic mass is 32.1. The lowest BCUT2D eigenvalue weighted by Gasteiger charge is -2.03. The Labute approximate surface area is 91.8 Å². The van der Waals surface area contributed by atoms with E-state index in [9.17, 15) is 4.79 Å². The van der Waals surface area contributed by atoms with E-state index < -0.39 is 0 Å². The number of anilines is 1. The van der Waals surface area contributed by atoms with E-state index in [1.165, 1.54) is 11.3 Å². The Morgan fingerprint density at radius 3 is 3.00 bits per heavy atom. The van der Waals surface area contributed by atoms with Gasteiger partial charge in [0.2, 0.25) is 0 Å². The van der Waals surface area contributed by atoms with Gasteiger partial charge < -0.3 is 5.32 Å². The molecule has 0 radical (unpaired) electrons. The van der Waals surface area contributed by atoms with Crippen LogP contribution in [0.2, 0.25) is 0 Å². The van der Waals surface area contributed by atoms with Crippen LogP contribution in [0.3, 0.4) is 0 Å². The lowest BCUT2D eigenvalue weighted by atomic mass is 10.3. The molecule has 4 heteroatoms. The normalized spacial score (nSPS) is 9.93. The second-order valence-electron chi connectivity index (χ2n) is 3.18. The third-order valence-electron chi connectivity index (χ3n) is 1.88. The molecule has 0 aliphatic rings. The molecule has 76 valence electrons. The van der Waals surface area contributed by atoms with Gasteiger partial charge in [0.25, 0.3) is 5.91 Å². The first-order chi connectivity index (χ1) is 7.25. The van der Waals surface area contributed by atoms with Crippen molar-refractivity contribution >= 4 is 22.9 Å². The maximum atomic E-state index is 11.7. The summed E-state index contributed by atoms with van der Waals surface area (Å²) in [5.41, 5.74) is 1.76. The number of carbonyl (C=O) groups excluding carboxylic acids is 1. The number of nitrogens with zero attached hydrogens (tertiary/aromatic N) is 1. The molecule has 2 heterocycles. The van der Waals surface area contributed by atoms with Gasteiger partial charge in [0.1, 0.15) is 0 Å². The molecule has 0 saturated heterocycles. The predicted octanol–water partition coefficient (Wildman–Crippen LogP) is 2.70. The van der Waals surface area contributed by atoms with E-state index in [4.69, 9.17) is 0 Å². The van der Waals surface area contributed by atoms with Crippen molar-refractivity contribution < 1.29 is 4.79 Å². The molecule has 2 rings (SSSR count). The number of thiophene rings is 1. The first kappa shape index (κ1) is 9.86. The Kier molecular flexibility index (Phi) is 2.78. The average Bonchev–Trinajstić information content (AvgIpc) is 2.70. The van der Waals surface area contributed by atoms with E-state index in [2.05, 4.69) is 10.3 Å². The molecule has 2 aromatic heterocycles. The quantitative estimate of drug-likeness (QED) is 0.842. The number of hydrogen-bond donors (Lipinski definition) is 1. The molecule has 0 bridgehead atoms. The molecule has 1 amide bonds. The number of carbonyl (C=O) groups is 1. The summed E-state index contributed by atoms with van der Waals surface area (Å²) in [5, 5.41) is 4.67.